The van der Waals surface area contributed by atoms with Gasteiger partial charge in [0.15, 0.2) is 0 Å². The van der Waals surface area contributed by atoms with Gasteiger partial charge in [0.25, 0.3) is 0 Å². The Hall–Kier alpha value is -1.48. The number of nitrogens with zero attached hydrogens (tertiary/aromatic N) is 2. The zero-order chi connectivity index (χ0) is 13.0. The summed E-state index contributed by atoms with van der Waals surface area (Å²) in [5.74, 6) is 1.30. The molecule has 1 aromatic carbocycles. The van der Waals surface area contributed by atoms with Gasteiger partial charge in [0.05, 0.1) is 29.7 Å². The first kappa shape index (κ1) is 13.0. The number of halogens is 1. The Kier molecular flexibility index (Phi) is 4.26. The minimum absolute atomic E-state index is 0.224. The standard InChI is InChI=1S/C14H17ClN2O/c1-3-11(2)18-14-6-4-5-13(7-14)17-9-12(8-15)16-10-17/h4-7,9-11H,3,8H2,1-2H3. The summed E-state index contributed by atoms with van der Waals surface area (Å²) in [6.45, 7) is 4.17. The molecule has 0 spiro atoms. The van der Waals surface area contributed by atoms with Crippen LogP contribution in [0.3, 0.4) is 0 Å². The van der Waals surface area contributed by atoms with Crippen LogP contribution in [0.2, 0.25) is 0 Å². The second-order valence-electron chi connectivity index (χ2n) is 4.24. The van der Waals surface area contributed by atoms with Crippen molar-refractivity contribution < 1.29 is 4.74 Å². The Morgan fingerprint density at radius 3 is 2.94 bits per heavy atom. The number of hydrogen-bond acceptors (Lipinski definition) is 2. The van der Waals surface area contributed by atoms with Gasteiger partial charge in [-0.15, -0.1) is 11.6 Å². The molecule has 0 aliphatic carbocycles. The molecule has 96 valence electrons. The highest BCUT2D eigenvalue weighted by Gasteiger charge is 2.04. The monoisotopic (exact) mass is 264 g/mol. The number of benzene rings is 1. The lowest BCUT2D eigenvalue weighted by atomic mass is 10.2. The molecule has 2 aromatic rings. The molecule has 1 aromatic heterocycles. The predicted molar refractivity (Wildman–Crippen MR) is 73.5 cm³/mol. The van der Waals surface area contributed by atoms with Crippen LogP contribution in [0.4, 0.5) is 0 Å². The largest absolute Gasteiger partial charge is 0.491 e. The van der Waals surface area contributed by atoms with E-state index in [0.717, 1.165) is 23.6 Å². The second-order valence-corrected chi connectivity index (χ2v) is 4.51. The van der Waals surface area contributed by atoms with Crippen LogP contribution in [0, 0.1) is 0 Å². The van der Waals surface area contributed by atoms with Gasteiger partial charge < -0.3 is 9.30 Å². The number of alkyl halides is 1. The number of hydrogen-bond donors (Lipinski definition) is 0. The van der Waals surface area contributed by atoms with Gasteiger partial charge in [0, 0.05) is 12.3 Å². The van der Waals surface area contributed by atoms with E-state index in [1.165, 1.54) is 0 Å². The van der Waals surface area contributed by atoms with Gasteiger partial charge in [-0.2, -0.15) is 0 Å². The normalized spacial score (nSPS) is 12.4. The topological polar surface area (TPSA) is 27.1 Å². The highest BCUT2D eigenvalue weighted by atomic mass is 35.5. The molecule has 0 amide bonds. The average Bonchev–Trinajstić information content (AvgIpc) is 2.87. The third-order valence-electron chi connectivity index (χ3n) is 2.80. The summed E-state index contributed by atoms with van der Waals surface area (Å²) in [7, 11) is 0. The van der Waals surface area contributed by atoms with E-state index < -0.39 is 0 Å². The fraction of sp³-hybridized carbons (Fsp3) is 0.357. The summed E-state index contributed by atoms with van der Waals surface area (Å²) in [6, 6.07) is 7.97. The molecule has 1 heterocycles. The SMILES string of the molecule is CCC(C)Oc1cccc(-n2cnc(CCl)c2)c1. The van der Waals surface area contributed by atoms with Crippen molar-refractivity contribution in [3.05, 3.63) is 42.5 Å². The molecule has 0 radical (unpaired) electrons. The van der Waals surface area contributed by atoms with Gasteiger partial charge in [-0.25, -0.2) is 4.98 Å². The molecule has 0 bridgehead atoms. The Morgan fingerprint density at radius 2 is 2.28 bits per heavy atom. The molecular weight excluding hydrogens is 248 g/mol. The summed E-state index contributed by atoms with van der Waals surface area (Å²) >= 11 is 5.75. The molecule has 0 aliphatic rings. The molecule has 0 saturated heterocycles. The van der Waals surface area contributed by atoms with Crippen LogP contribution < -0.4 is 4.74 Å². The maximum atomic E-state index is 5.80. The van der Waals surface area contributed by atoms with Gasteiger partial charge in [-0.1, -0.05) is 13.0 Å². The zero-order valence-electron chi connectivity index (χ0n) is 10.6. The molecule has 3 nitrogen and oxygen atoms in total. The van der Waals surface area contributed by atoms with Crippen molar-refractivity contribution in [1.82, 2.24) is 9.55 Å². The Bertz CT molecular complexity index is 510. The van der Waals surface area contributed by atoms with Crippen molar-refractivity contribution in [1.29, 1.82) is 0 Å². The van der Waals surface area contributed by atoms with Crippen LogP contribution in [-0.4, -0.2) is 15.7 Å². The Morgan fingerprint density at radius 1 is 1.44 bits per heavy atom. The number of ether oxygens (including phenoxy) is 1. The molecule has 0 aliphatic heterocycles. The number of rotatable bonds is 5. The highest BCUT2D eigenvalue weighted by Crippen LogP contribution is 2.19. The van der Waals surface area contributed by atoms with E-state index in [1.807, 2.05) is 35.0 Å². The summed E-state index contributed by atoms with van der Waals surface area (Å²) < 4.78 is 7.74. The first-order valence-corrected chi connectivity index (χ1v) is 6.62. The van der Waals surface area contributed by atoms with Gasteiger partial charge in [0.2, 0.25) is 0 Å². The first-order chi connectivity index (χ1) is 8.72. The molecule has 0 N–H and O–H groups in total. The fourth-order valence-corrected chi connectivity index (χ4v) is 1.74. The van der Waals surface area contributed by atoms with Crippen molar-refractivity contribution in [2.45, 2.75) is 32.3 Å². The molecule has 1 atom stereocenters. The van der Waals surface area contributed by atoms with Gasteiger partial charge in [-0.05, 0) is 25.5 Å². The van der Waals surface area contributed by atoms with E-state index >= 15 is 0 Å². The van der Waals surface area contributed by atoms with Crippen LogP contribution in [0.5, 0.6) is 5.75 Å². The van der Waals surface area contributed by atoms with E-state index in [4.69, 9.17) is 16.3 Å². The molecular formula is C14H17ClN2O. The van der Waals surface area contributed by atoms with E-state index in [-0.39, 0.29) is 6.10 Å². The minimum Gasteiger partial charge on any atom is -0.491 e. The van der Waals surface area contributed by atoms with Crippen LogP contribution in [0.1, 0.15) is 26.0 Å². The van der Waals surface area contributed by atoms with E-state index in [0.29, 0.717) is 5.88 Å². The molecule has 0 fully saturated rings. The maximum absolute atomic E-state index is 5.80. The predicted octanol–water partition coefficient (Wildman–Crippen LogP) is 3.79. The van der Waals surface area contributed by atoms with E-state index in [1.54, 1.807) is 6.33 Å². The molecule has 1 unspecified atom stereocenters. The lowest BCUT2D eigenvalue weighted by Crippen LogP contribution is -2.09. The lowest BCUT2D eigenvalue weighted by Gasteiger charge is -2.13. The fourth-order valence-electron chi connectivity index (χ4n) is 1.61. The van der Waals surface area contributed by atoms with Crippen molar-refractivity contribution in [3.8, 4) is 11.4 Å². The zero-order valence-corrected chi connectivity index (χ0v) is 11.4. The molecule has 18 heavy (non-hydrogen) atoms. The Labute approximate surface area is 112 Å². The summed E-state index contributed by atoms with van der Waals surface area (Å²) in [6.07, 6.45) is 4.91. The average molecular weight is 265 g/mol. The van der Waals surface area contributed by atoms with Crippen LogP contribution in [-0.2, 0) is 5.88 Å². The molecule has 4 heteroatoms. The van der Waals surface area contributed by atoms with Crippen molar-refractivity contribution >= 4 is 11.6 Å². The smallest absolute Gasteiger partial charge is 0.121 e. The Balaban J connectivity index is 2.21. The lowest BCUT2D eigenvalue weighted by molar-refractivity contribution is 0.217. The third kappa shape index (κ3) is 3.05. The van der Waals surface area contributed by atoms with Crippen molar-refractivity contribution in [3.63, 3.8) is 0 Å². The van der Waals surface area contributed by atoms with Gasteiger partial charge in [0.1, 0.15) is 5.75 Å². The van der Waals surface area contributed by atoms with Crippen molar-refractivity contribution in [2.75, 3.05) is 0 Å². The summed E-state index contributed by atoms with van der Waals surface area (Å²) in [5, 5.41) is 0. The molecule has 2 rings (SSSR count). The van der Waals surface area contributed by atoms with Gasteiger partial charge >= 0.3 is 0 Å². The quantitative estimate of drug-likeness (QED) is 0.769. The van der Waals surface area contributed by atoms with E-state index in [9.17, 15) is 0 Å². The number of imidazole rings is 1. The van der Waals surface area contributed by atoms with Crippen LogP contribution >= 0.6 is 11.6 Å². The third-order valence-corrected chi connectivity index (χ3v) is 3.07. The highest BCUT2D eigenvalue weighted by molar-refractivity contribution is 6.16. The molecule has 0 saturated carbocycles. The van der Waals surface area contributed by atoms with Crippen molar-refractivity contribution in [2.24, 2.45) is 0 Å². The summed E-state index contributed by atoms with van der Waals surface area (Å²) in [4.78, 5) is 4.21. The maximum Gasteiger partial charge on any atom is 0.121 e. The minimum atomic E-state index is 0.224. The number of aromatic nitrogens is 2. The first-order valence-electron chi connectivity index (χ1n) is 6.09. The van der Waals surface area contributed by atoms with E-state index in [2.05, 4.69) is 18.8 Å². The second kappa shape index (κ2) is 5.91. The van der Waals surface area contributed by atoms with Crippen LogP contribution in [0.25, 0.3) is 5.69 Å². The summed E-state index contributed by atoms with van der Waals surface area (Å²) in [5.41, 5.74) is 1.89. The van der Waals surface area contributed by atoms with Crippen LogP contribution in [0.15, 0.2) is 36.8 Å². The van der Waals surface area contributed by atoms with Gasteiger partial charge in [-0.3, -0.25) is 0 Å².